The summed E-state index contributed by atoms with van der Waals surface area (Å²) in [5.74, 6) is 0. The van der Waals surface area contributed by atoms with Crippen molar-refractivity contribution in [1.82, 2.24) is 5.32 Å². The molecule has 0 fully saturated rings. The van der Waals surface area contributed by atoms with Crippen molar-refractivity contribution in [3.8, 4) is 0 Å². The molecule has 0 aliphatic carbocycles. The summed E-state index contributed by atoms with van der Waals surface area (Å²) in [6, 6.07) is 4.68. The Kier molecular flexibility index (Phi) is 5.27. The van der Waals surface area contributed by atoms with E-state index >= 15 is 0 Å². The Morgan fingerprint density at radius 3 is 2.21 bits per heavy atom. The fourth-order valence-electron chi connectivity index (χ4n) is 1.16. The first kappa shape index (κ1) is 15.9. The zero-order valence-electron chi connectivity index (χ0n) is 11.5. The standard InChI is InChI=1S/C14H18Cl2N2O/c1-9(14(2,3)4)8-17-13(19)18-12-10(15)6-5-7-11(12)16/h5-8H,1-4H3,(H2,17,18,19)/b9-8+. The van der Waals surface area contributed by atoms with Gasteiger partial charge < -0.3 is 10.6 Å². The van der Waals surface area contributed by atoms with Crippen LogP contribution in [-0.4, -0.2) is 6.03 Å². The first-order chi connectivity index (χ1) is 8.71. The van der Waals surface area contributed by atoms with Gasteiger partial charge in [0.05, 0.1) is 15.7 Å². The third-order valence-corrected chi connectivity index (χ3v) is 3.43. The Hall–Kier alpha value is -1.19. The van der Waals surface area contributed by atoms with Gasteiger partial charge in [-0.2, -0.15) is 0 Å². The molecular formula is C14H18Cl2N2O. The molecule has 0 saturated carbocycles. The van der Waals surface area contributed by atoms with Gasteiger partial charge in [-0.15, -0.1) is 0 Å². The molecule has 3 nitrogen and oxygen atoms in total. The Morgan fingerprint density at radius 1 is 1.21 bits per heavy atom. The SMILES string of the molecule is C/C(=C\NC(=O)Nc1c(Cl)cccc1Cl)C(C)(C)C. The second-order valence-electron chi connectivity index (χ2n) is 5.27. The van der Waals surface area contributed by atoms with Crippen molar-refractivity contribution >= 4 is 34.9 Å². The average molecular weight is 301 g/mol. The number of carbonyl (C=O) groups is 1. The van der Waals surface area contributed by atoms with Gasteiger partial charge >= 0.3 is 6.03 Å². The summed E-state index contributed by atoms with van der Waals surface area (Å²) in [5, 5.41) is 6.09. The number of halogens is 2. The molecule has 1 rings (SSSR count). The lowest BCUT2D eigenvalue weighted by Crippen LogP contribution is -2.25. The van der Waals surface area contributed by atoms with Gasteiger partial charge in [-0.3, -0.25) is 0 Å². The summed E-state index contributed by atoms with van der Waals surface area (Å²) < 4.78 is 0. The van der Waals surface area contributed by atoms with Crippen molar-refractivity contribution in [2.75, 3.05) is 5.32 Å². The topological polar surface area (TPSA) is 41.1 Å². The first-order valence-corrected chi connectivity index (χ1v) is 6.66. The smallest absolute Gasteiger partial charge is 0.314 e. The monoisotopic (exact) mass is 300 g/mol. The maximum absolute atomic E-state index is 11.8. The molecule has 2 amide bonds. The molecule has 0 aliphatic rings. The van der Waals surface area contributed by atoms with Crippen molar-refractivity contribution in [3.05, 3.63) is 40.0 Å². The van der Waals surface area contributed by atoms with E-state index in [1.54, 1.807) is 24.4 Å². The van der Waals surface area contributed by atoms with Crippen LogP contribution in [0.25, 0.3) is 0 Å². The number of hydrogen-bond acceptors (Lipinski definition) is 1. The third kappa shape index (κ3) is 4.77. The zero-order chi connectivity index (χ0) is 14.6. The lowest BCUT2D eigenvalue weighted by molar-refractivity contribution is 0.255. The fourth-order valence-corrected chi connectivity index (χ4v) is 1.65. The minimum Gasteiger partial charge on any atom is -0.314 e. The van der Waals surface area contributed by atoms with Crippen molar-refractivity contribution in [2.45, 2.75) is 27.7 Å². The Morgan fingerprint density at radius 2 is 1.74 bits per heavy atom. The van der Waals surface area contributed by atoms with E-state index in [1.807, 2.05) is 6.92 Å². The number of rotatable bonds is 2. The van der Waals surface area contributed by atoms with E-state index in [0.717, 1.165) is 5.57 Å². The molecule has 0 unspecified atom stereocenters. The highest BCUT2D eigenvalue weighted by molar-refractivity contribution is 6.39. The van der Waals surface area contributed by atoms with Crippen LogP contribution in [0.3, 0.4) is 0 Å². The van der Waals surface area contributed by atoms with E-state index in [4.69, 9.17) is 23.2 Å². The largest absolute Gasteiger partial charge is 0.323 e. The molecule has 0 atom stereocenters. The number of allylic oxidation sites excluding steroid dienone is 1. The van der Waals surface area contributed by atoms with Crippen molar-refractivity contribution in [2.24, 2.45) is 5.41 Å². The molecule has 0 spiro atoms. The number of anilines is 1. The summed E-state index contributed by atoms with van der Waals surface area (Å²) in [5.41, 5.74) is 1.48. The van der Waals surface area contributed by atoms with Crippen LogP contribution in [0, 0.1) is 5.41 Å². The minimum atomic E-state index is -0.376. The van der Waals surface area contributed by atoms with E-state index in [1.165, 1.54) is 0 Å². The maximum atomic E-state index is 11.8. The van der Waals surface area contributed by atoms with Gasteiger partial charge in [-0.25, -0.2) is 4.79 Å². The molecule has 0 aliphatic heterocycles. The number of nitrogens with one attached hydrogen (secondary N) is 2. The number of benzene rings is 1. The van der Waals surface area contributed by atoms with Crippen LogP contribution in [0.4, 0.5) is 10.5 Å². The van der Waals surface area contributed by atoms with Crippen LogP contribution in [0.5, 0.6) is 0 Å². The molecule has 0 saturated heterocycles. The second kappa shape index (κ2) is 6.31. The predicted molar refractivity (Wildman–Crippen MR) is 81.8 cm³/mol. The van der Waals surface area contributed by atoms with Gasteiger partial charge in [0.1, 0.15) is 0 Å². The molecule has 0 aromatic heterocycles. The van der Waals surface area contributed by atoms with Crippen LogP contribution < -0.4 is 10.6 Å². The highest BCUT2D eigenvalue weighted by Gasteiger charge is 2.13. The van der Waals surface area contributed by atoms with E-state index in [2.05, 4.69) is 31.4 Å². The van der Waals surface area contributed by atoms with Gasteiger partial charge in [0.2, 0.25) is 0 Å². The predicted octanol–water partition coefficient (Wildman–Crippen LogP) is 5.06. The van der Waals surface area contributed by atoms with E-state index in [0.29, 0.717) is 15.7 Å². The van der Waals surface area contributed by atoms with Crippen LogP contribution in [-0.2, 0) is 0 Å². The molecule has 1 aromatic carbocycles. The first-order valence-electron chi connectivity index (χ1n) is 5.90. The number of hydrogen-bond donors (Lipinski definition) is 2. The number of para-hydroxylation sites is 1. The number of carbonyl (C=O) groups excluding carboxylic acids is 1. The quantitative estimate of drug-likeness (QED) is 0.787. The van der Waals surface area contributed by atoms with Gasteiger partial charge in [0, 0.05) is 6.20 Å². The summed E-state index contributed by atoms with van der Waals surface area (Å²) >= 11 is 11.9. The van der Waals surface area contributed by atoms with Gasteiger partial charge in [-0.05, 0) is 24.5 Å². The zero-order valence-corrected chi connectivity index (χ0v) is 13.0. The number of urea groups is 1. The van der Waals surface area contributed by atoms with Crippen molar-refractivity contribution < 1.29 is 4.79 Å². The fraction of sp³-hybridized carbons (Fsp3) is 0.357. The second-order valence-corrected chi connectivity index (χ2v) is 6.09. The van der Waals surface area contributed by atoms with Gasteiger partial charge in [-0.1, -0.05) is 55.6 Å². The lowest BCUT2D eigenvalue weighted by Gasteiger charge is -2.19. The van der Waals surface area contributed by atoms with E-state index in [-0.39, 0.29) is 11.4 Å². The molecule has 5 heteroatoms. The molecule has 0 radical (unpaired) electrons. The molecule has 19 heavy (non-hydrogen) atoms. The lowest BCUT2D eigenvalue weighted by atomic mass is 9.88. The minimum absolute atomic E-state index is 0.00924. The van der Waals surface area contributed by atoms with Crippen molar-refractivity contribution in [1.29, 1.82) is 0 Å². The highest BCUT2D eigenvalue weighted by atomic mass is 35.5. The Balaban J connectivity index is 2.72. The van der Waals surface area contributed by atoms with Crippen LogP contribution in [0.2, 0.25) is 10.0 Å². The summed E-state index contributed by atoms with van der Waals surface area (Å²) in [7, 11) is 0. The molecule has 0 bridgehead atoms. The Labute approximate surface area is 124 Å². The van der Waals surface area contributed by atoms with Crippen LogP contribution >= 0.6 is 23.2 Å². The van der Waals surface area contributed by atoms with Crippen molar-refractivity contribution in [3.63, 3.8) is 0 Å². The van der Waals surface area contributed by atoms with E-state index < -0.39 is 0 Å². The van der Waals surface area contributed by atoms with Crippen LogP contribution in [0.1, 0.15) is 27.7 Å². The summed E-state index contributed by atoms with van der Waals surface area (Å²) in [6.45, 7) is 8.18. The van der Waals surface area contributed by atoms with Gasteiger partial charge in [0.15, 0.2) is 0 Å². The average Bonchev–Trinajstić information content (AvgIpc) is 2.29. The third-order valence-electron chi connectivity index (χ3n) is 2.80. The summed E-state index contributed by atoms with van der Waals surface area (Å²) in [4.78, 5) is 11.8. The summed E-state index contributed by atoms with van der Waals surface area (Å²) in [6.07, 6.45) is 1.68. The maximum Gasteiger partial charge on any atom is 0.323 e. The molecule has 2 N–H and O–H groups in total. The van der Waals surface area contributed by atoms with Crippen LogP contribution in [0.15, 0.2) is 30.0 Å². The Bertz CT molecular complexity index is 484. The highest BCUT2D eigenvalue weighted by Crippen LogP contribution is 2.29. The molecule has 104 valence electrons. The van der Waals surface area contributed by atoms with E-state index in [9.17, 15) is 4.79 Å². The molecular weight excluding hydrogens is 283 g/mol. The molecule has 1 aromatic rings. The normalized spacial score (nSPS) is 12.2. The number of amides is 2. The molecule has 0 heterocycles. The van der Waals surface area contributed by atoms with Gasteiger partial charge in [0.25, 0.3) is 0 Å².